The molecule has 3 aromatic rings. The number of alkyl halides is 1. The molecular formula is C42H41FN2O7. The fourth-order valence-corrected chi connectivity index (χ4v) is 10.9. The number of anilines is 1. The van der Waals surface area contributed by atoms with Crippen LogP contribution in [-0.2, 0) is 23.9 Å². The first-order valence-electron chi connectivity index (χ1n) is 18.2. The Balaban J connectivity index is 0.868. The van der Waals surface area contributed by atoms with Gasteiger partial charge in [-0.3, -0.25) is 19.4 Å². The molecule has 1 saturated heterocycles. The lowest BCUT2D eigenvalue weighted by Crippen LogP contribution is -2.66. The van der Waals surface area contributed by atoms with Crippen molar-refractivity contribution in [2.24, 2.45) is 28.6 Å². The Morgan fingerprint density at radius 3 is 2.73 bits per heavy atom. The zero-order valence-corrected chi connectivity index (χ0v) is 29.4. The van der Waals surface area contributed by atoms with Gasteiger partial charge in [0.2, 0.25) is 11.7 Å². The summed E-state index contributed by atoms with van der Waals surface area (Å²) in [5.41, 5.74) is -3.57. The van der Waals surface area contributed by atoms with Crippen molar-refractivity contribution in [3.63, 3.8) is 0 Å². The number of halogens is 1. The third-order valence-electron chi connectivity index (χ3n) is 13.9. The molecule has 10 heteroatoms. The number of nitrogens with zero attached hydrogens (tertiary/aromatic N) is 1. The first-order valence-corrected chi connectivity index (χ1v) is 18.2. The zero-order valence-electron chi connectivity index (χ0n) is 29.4. The van der Waals surface area contributed by atoms with Crippen molar-refractivity contribution >= 4 is 39.9 Å². The Labute approximate surface area is 300 Å². The Bertz CT molecular complexity index is 2170. The lowest BCUT2D eigenvalue weighted by atomic mass is 9.48. The molecule has 0 unspecified atom stereocenters. The van der Waals surface area contributed by atoms with Crippen molar-refractivity contribution in [3.8, 4) is 0 Å². The number of nitrogens with one attached hydrogen (secondary N) is 1. The van der Waals surface area contributed by atoms with E-state index >= 15 is 4.39 Å². The van der Waals surface area contributed by atoms with E-state index in [0.717, 1.165) is 16.3 Å². The van der Waals surface area contributed by atoms with Gasteiger partial charge in [-0.25, -0.2) is 9.18 Å². The number of Topliss-reactive ketones (excluding diaryl/α,β-unsaturated/α-hetero) is 1. The molecule has 5 aliphatic carbocycles. The number of hydrogen-bond donors (Lipinski definition) is 2. The Morgan fingerprint density at radius 2 is 1.90 bits per heavy atom. The van der Waals surface area contributed by atoms with Gasteiger partial charge in [0.05, 0.1) is 17.1 Å². The number of aromatic nitrogens is 1. The van der Waals surface area contributed by atoms with Gasteiger partial charge in [-0.15, -0.1) is 0 Å². The Kier molecular flexibility index (Phi) is 7.04. The van der Waals surface area contributed by atoms with E-state index in [-0.39, 0.29) is 47.2 Å². The van der Waals surface area contributed by atoms with Crippen molar-refractivity contribution < 1.29 is 38.1 Å². The van der Waals surface area contributed by atoms with Crippen LogP contribution < -0.4 is 5.32 Å². The van der Waals surface area contributed by atoms with Gasteiger partial charge in [0.15, 0.2) is 23.7 Å². The van der Waals surface area contributed by atoms with E-state index in [1.165, 1.54) is 12.2 Å². The molecule has 1 aliphatic heterocycles. The van der Waals surface area contributed by atoms with Crippen LogP contribution in [0.1, 0.15) is 74.7 Å². The summed E-state index contributed by atoms with van der Waals surface area (Å²) in [5.74, 6) is -2.56. The average Bonchev–Trinajstić information content (AvgIpc) is 4.01. The molecule has 6 aliphatic rings. The molecule has 1 aromatic heterocycles. The molecule has 1 amide bonds. The highest BCUT2D eigenvalue weighted by Gasteiger charge is 2.88. The van der Waals surface area contributed by atoms with E-state index in [4.69, 9.17) is 9.47 Å². The van der Waals surface area contributed by atoms with E-state index in [0.29, 0.717) is 36.9 Å². The fourth-order valence-electron chi connectivity index (χ4n) is 10.9. The largest absolute Gasteiger partial charge is 0.454 e. The monoisotopic (exact) mass is 704 g/mol. The number of amides is 1. The maximum Gasteiger partial charge on any atom is 0.338 e. The highest BCUT2D eigenvalue weighted by atomic mass is 19.1. The second-order valence-corrected chi connectivity index (χ2v) is 16.4. The van der Waals surface area contributed by atoms with Crippen molar-refractivity contribution in [1.29, 1.82) is 0 Å². The summed E-state index contributed by atoms with van der Waals surface area (Å²) >= 11 is 0. The summed E-state index contributed by atoms with van der Waals surface area (Å²) in [6.07, 6.45) is 8.67. The molecule has 9 nitrogen and oxygen atoms in total. The van der Waals surface area contributed by atoms with Crippen LogP contribution in [0, 0.1) is 28.6 Å². The average molecular weight is 705 g/mol. The number of carbonyl (C=O) groups is 4. The summed E-state index contributed by atoms with van der Waals surface area (Å²) in [7, 11) is 0. The maximum absolute atomic E-state index is 17.4. The van der Waals surface area contributed by atoms with Gasteiger partial charge in [0.25, 0.3) is 0 Å². The molecule has 5 fully saturated rings. The third-order valence-corrected chi connectivity index (χ3v) is 13.9. The molecule has 1 spiro atoms. The quantitative estimate of drug-likeness (QED) is 0.219. The van der Waals surface area contributed by atoms with E-state index in [1.807, 2.05) is 44.2 Å². The van der Waals surface area contributed by atoms with Crippen LogP contribution >= 0.6 is 0 Å². The van der Waals surface area contributed by atoms with Crippen molar-refractivity contribution in [1.82, 2.24) is 4.98 Å². The molecule has 268 valence electrons. The number of ether oxygens (including phenoxy) is 2. The number of benzene rings is 2. The van der Waals surface area contributed by atoms with Gasteiger partial charge in [0, 0.05) is 41.2 Å². The topological polar surface area (TPSA) is 135 Å². The van der Waals surface area contributed by atoms with Crippen molar-refractivity contribution in [3.05, 3.63) is 95.9 Å². The molecule has 2 N–H and O–H groups in total. The number of carbonyl (C=O) groups excluding carboxylic acids is 4. The lowest BCUT2D eigenvalue weighted by Gasteiger charge is -2.59. The zero-order chi connectivity index (χ0) is 36.4. The molecule has 4 saturated carbocycles. The molecule has 52 heavy (non-hydrogen) atoms. The smallest absolute Gasteiger partial charge is 0.338 e. The standard InChI is InChI=1S/C42H41FN2O7/c1-23-15-32-31-10-8-28-18-30(46)11-13-39(28,3)41(31,43)34(47)20-40(32)42(23,52-40)35(48)22-51-36(49)26-6-4-5-25(16-26)33-19-38(33,2)37(50)45-29-9-7-27-21-44-14-12-24(27)17-29/h4-7,9,11-14,16-18,21,23,31-34,47H,8,10,15,19-20,22H2,1-3H3,(H,45,50)/t23-,31+,32+,33+,34+,38-,39+,40-,41+,42+/m1/s1. The highest BCUT2D eigenvalue weighted by molar-refractivity contribution is 6.02. The van der Waals surface area contributed by atoms with E-state index in [1.54, 1.807) is 43.6 Å². The molecule has 2 heterocycles. The van der Waals surface area contributed by atoms with Crippen LogP contribution in [0.5, 0.6) is 0 Å². The number of fused-ring (bicyclic) bond motifs is 5. The van der Waals surface area contributed by atoms with Crippen molar-refractivity contribution in [2.75, 3.05) is 11.9 Å². The molecule has 2 aromatic carbocycles. The van der Waals surface area contributed by atoms with Crippen LogP contribution in [-0.4, -0.2) is 63.1 Å². The summed E-state index contributed by atoms with van der Waals surface area (Å²) in [6.45, 7) is 5.08. The normalized spacial score (nSPS) is 39.4. The fraction of sp³-hybridized carbons (Fsp3) is 0.452. The van der Waals surface area contributed by atoms with Gasteiger partial charge in [-0.1, -0.05) is 43.7 Å². The van der Waals surface area contributed by atoms with Crippen LogP contribution in [0.15, 0.2) is 84.7 Å². The highest BCUT2D eigenvalue weighted by Crippen LogP contribution is 2.76. The third kappa shape index (κ3) is 4.37. The first kappa shape index (κ1) is 33.3. The van der Waals surface area contributed by atoms with E-state index < -0.39 is 52.3 Å². The molecule has 9 rings (SSSR count). The number of hydrogen-bond acceptors (Lipinski definition) is 8. The molecular weight excluding hydrogens is 663 g/mol. The number of aliphatic hydroxyl groups is 1. The van der Waals surface area contributed by atoms with Crippen LogP contribution in [0.3, 0.4) is 0 Å². The second-order valence-electron chi connectivity index (χ2n) is 16.4. The van der Waals surface area contributed by atoms with E-state index in [9.17, 15) is 24.3 Å². The van der Waals surface area contributed by atoms with Gasteiger partial charge in [-0.2, -0.15) is 0 Å². The van der Waals surface area contributed by atoms with Crippen molar-refractivity contribution in [2.45, 2.75) is 81.8 Å². The summed E-state index contributed by atoms with van der Waals surface area (Å²) in [5, 5.41) is 16.6. The number of pyridine rings is 1. The van der Waals surface area contributed by atoms with Gasteiger partial charge >= 0.3 is 5.97 Å². The predicted octanol–water partition coefficient (Wildman–Crippen LogP) is 6.21. The predicted molar refractivity (Wildman–Crippen MR) is 189 cm³/mol. The Hall–Kier alpha value is -4.54. The summed E-state index contributed by atoms with van der Waals surface area (Å²) in [6, 6.07) is 14.6. The maximum atomic E-state index is 17.4. The summed E-state index contributed by atoms with van der Waals surface area (Å²) in [4.78, 5) is 57.0. The van der Waals surface area contributed by atoms with Crippen LogP contribution in [0.2, 0.25) is 0 Å². The van der Waals surface area contributed by atoms with Crippen LogP contribution in [0.4, 0.5) is 10.1 Å². The molecule has 0 radical (unpaired) electrons. The van der Waals surface area contributed by atoms with Gasteiger partial charge in [-0.05, 0) is 104 Å². The van der Waals surface area contributed by atoms with E-state index in [2.05, 4.69) is 10.3 Å². The number of epoxide rings is 1. The number of esters is 1. The number of aliphatic hydroxyl groups excluding tert-OH is 1. The van der Waals surface area contributed by atoms with Gasteiger partial charge in [0.1, 0.15) is 5.60 Å². The van der Waals surface area contributed by atoms with Gasteiger partial charge < -0.3 is 19.9 Å². The lowest BCUT2D eigenvalue weighted by molar-refractivity contribution is -0.179. The SMILES string of the molecule is C[C@@H]1C[C@H]2[C@@H]3CCC4=CC(=O)C=C[C@]4(C)[C@@]3(F)[C@@H](O)C[C@@]23O[C@]13C(=O)COC(=O)c1cccc([C@@H]2C[C@@]2(C)C(=O)Nc2ccc3cnccc3c2)c1. The first-order chi connectivity index (χ1) is 24.8. The summed E-state index contributed by atoms with van der Waals surface area (Å²) < 4.78 is 29.4. The molecule has 0 bridgehead atoms. The second kappa shape index (κ2) is 11.0. The minimum Gasteiger partial charge on any atom is -0.454 e. The number of ketones is 2. The molecule has 10 atom stereocenters. The minimum absolute atomic E-state index is 0.0481. The van der Waals surface area contributed by atoms with Crippen LogP contribution in [0.25, 0.3) is 10.8 Å². The number of allylic oxidation sites excluding steroid dienone is 4. The Morgan fingerprint density at radius 1 is 1.08 bits per heavy atom. The minimum atomic E-state index is -2.01. The number of rotatable bonds is 7.